The van der Waals surface area contributed by atoms with Crippen LogP contribution in [0.15, 0.2) is 48.0 Å². The average Bonchev–Trinajstić information content (AvgIpc) is 2.75. The smallest absolute Gasteiger partial charge is 0.348 e. The summed E-state index contributed by atoms with van der Waals surface area (Å²) in [5.74, 6) is 1.16. The summed E-state index contributed by atoms with van der Waals surface area (Å²) < 4.78 is 21.8. The van der Waals surface area contributed by atoms with Gasteiger partial charge in [-0.25, -0.2) is 4.79 Å². The van der Waals surface area contributed by atoms with E-state index in [2.05, 4.69) is 32.9 Å². The van der Waals surface area contributed by atoms with Crippen molar-refractivity contribution in [2.24, 2.45) is 0 Å². The normalized spacial score (nSPS) is 11.4. The van der Waals surface area contributed by atoms with Gasteiger partial charge in [-0.3, -0.25) is 0 Å². The lowest BCUT2D eigenvalue weighted by Gasteiger charge is -2.19. The summed E-state index contributed by atoms with van der Waals surface area (Å²) in [6, 6.07) is 15.1. The van der Waals surface area contributed by atoms with Crippen LogP contribution >= 0.6 is 0 Å². The van der Waals surface area contributed by atoms with Gasteiger partial charge >= 0.3 is 5.97 Å². The lowest BCUT2D eigenvalue weighted by atomic mass is 9.87. The molecule has 0 saturated heterocycles. The topological polar surface area (TPSA) is 77.8 Å². The van der Waals surface area contributed by atoms with Crippen LogP contribution in [0.2, 0.25) is 0 Å². The Labute approximate surface area is 184 Å². The van der Waals surface area contributed by atoms with Gasteiger partial charge < -0.3 is 18.9 Å². The van der Waals surface area contributed by atoms with Gasteiger partial charge in [-0.2, -0.15) is 5.26 Å². The second kappa shape index (κ2) is 11.1. The van der Waals surface area contributed by atoms with E-state index in [4.69, 9.17) is 24.2 Å². The van der Waals surface area contributed by atoms with Crippen molar-refractivity contribution >= 4 is 12.0 Å². The highest BCUT2D eigenvalue weighted by Gasteiger charge is 2.13. The molecular formula is C25H29NO5. The van der Waals surface area contributed by atoms with Gasteiger partial charge in [0.25, 0.3) is 0 Å². The summed E-state index contributed by atoms with van der Waals surface area (Å²) in [6.45, 7) is 9.11. The van der Waals surface area contributed by atoms with Crippen molar-refractivity contribution in [3.05, 3.63) is 59.2 Å². The molecule has 0 fully saturated rings. The maximum atomic E-state index is 11.8. The summed E-state index contributed by atoms with van der Waals surface area (Å²) in [5, 5.41) is 9.17. The molecule has 164 valence electrons. The maximum absolute atomic E-state index is 11.8. The Kier molecular flexibility index (Phi) is 8.51. The van der Waals surface area contributed by atoms with Crippen molar-refractivity contribution in [3.63, 3.8) is 0 Å². The van der Waals surface area contributed by atoms with Gasteiger partial charge in [0.2, 0.25) is 0 Å². The molecule has 0 aliphatic heterocycles. The van der Waals surface area contributed by atoms with E-state index in [0.717, 1.165) is 5.75 Å². The number of rotatable bonds is 9. The van der Waals surface area contributed by atoms with Gasteiger partial charge in [-0.1, -0.05) is 39.0 Å². The zero-order valence-corrected chi connectivity index (χ0v) is 18.7. The number of carbonyl (C=O) groups is 1. The van der Waals surface area contributed by atoms with Gasteiger partial charge in [-0.05, 0) is 53.8 Å². The molecule has 0 aliphatic rings. The van der Waals surface area contributed by atoms with E-state index in [9.17, 15) is 4.79 Å². The third-order valence-corrected chi connectivity index (χ3v) is 4.44. The Hall–Kier alpha value is -3.46. The van der Waals surface area contributed by atoms with E-state index in [1.54, 1.807) is 25.1 Å². The monoisotopic (exact) mass is 423 g/mol. The molecule has 0 radical (unpaired) electrons. The predicted molar refractivity (Wildman–Crippen MR) is 119 cm³/mol. The van der Waals surface area contributed by atoms with Crippen LogP contribution in [0.1, 0.15) is 38.8 Å². The first kappa shape index (κ1) is 23.8. The molecule has 31 heavy (non-hydrogen) atoms. The highest BCUT2D eigenvalue weighted by molar-refractivity contribution is 5.97. The number of benzene rings is 2. The minimum Gasteiger partial charge on any atom is -0.493 e. The number of nitriles is 1. The Balaban J connectivity index is 1.96. The van der Waals surface area contributed by atoms with Crippen molar-refractivity contribution < 1.29 is 23.7 Å². The van der Waals surface area contributed by atoms with Crippen LogP contribution in [-0.4, -0.2) is 32.9 Å². The van der Waals surface area contributed by atoms with Gasteiger partial charge in [0, 0.05) is 0 Å². The van der Waals surface area contributed by atoms with Crippen molar-refractivity contribution in [2.75, 3.05) is 26.9 Å². The lowest BCUT2D eigenvalue weighted by Crippen LogP contribution is -2.12. The van der Waals surface area contributed by atoms with E-state index in [0.29, 0.717) is 30.3 Å². The first-order valence-corrected chi connectivity index (χ1v) is 10.1. The van der Waals surface area contributed by atoms with Crippen LogP contribution in [0.25, 0.3) is 6.08 Å². The molecule has 0 atom stereocenters. The zero-order chi connectivity index (χ0) is 22.9. The molecule has 0 aromatic heterocycles. The number of carbonyl (C=O) groups excluding carboxylic acids is 1. The fourth-order valence-corrected chi connectivity index (χ4v) is 2.77. The van der Waals surface area contributed by atoms with Crippen molar-refractivity contribution in [1.29, 1.82) is 5.26 Å². The molecule has 0 N–H and O–H groups in total. The minimum atomic E-state index is -0.656. The molecule has 0 unspecified atom stereocenters. The fraction of sp³-hybridized carbons (Fsp3) is 0.360. The summed E-state index contributed by atoms with van der Waals surface area (Å²) in [6.07, 6.45) is 1.45. The molecular weight excluding hydrogens is 394 g/mol. The van der Waals surface area contributed by atoms with Crippen LogP contribution < -0.4 is 14.2 Å². The summed E-state index contributed by atoms with van der Waals surface area (Å²) in [4.78, 5) is 11.8. The van der Waals surface area contributed by atoms with E-state index >= 15 is 0 Å². The van der Waals surface area contributed by atoms with Gasteiger partial charge in [0.1, 0.15) is 30.6 Å². The Bertz CT molecular complexity index is 949. The fourth-order valence-electron chi connectivity index (χ4n) is 2.77. The number of nitrogens with zero attached hydrogens (tertiary/aromatic N) is 1. The highest BCUT2D eigenvalue weighted by atomic mass is 16.5. The van der Waals surface area contributed by atoms with Crippen LogP contribution in [0.4, 0.5) is 0 Å². The highest BCUT2D eigenvalue weighted by Crippen LogP contribution is 2.29. The lowest BCUT2D eigenvalue weighted by molar-refractivity contribution is -0.137. The average molecular weight is 424 g/mol. The van der Waals surface area contributed by atoms with Crippen molar-refractivity contribution in [3.8, 4) is 23.3 Å². The SMILES string of the molecule is CCOC(=O)/C(C#N)=C/c1ccc(OCCOc2ccc(C(C)(C)C)cc2)c(OC)c1. The van der Waals surface area contributed by atoms with Crippen molar-refractivity contribution in [1.82, 2.24) is 0 Å². The molecule has 0 spiro atoms. The Morgan fingerprint density at radius 2 is 1.71 bits per heavy atom. The molecule has 2 rings (SSSR count). The molecule has 0 amide bonds. The second-order valence-corrected chi connectivity index (χ2v) is 7.77. The standard InChI is InChI=1S/C25H29NO5/c1-6-29-24(27)19(17-26)15-18-7-12-22(23(16-18)28-5)31-14-13-30-21-10-8-20(9-11-21)25(2,3)4/h7-12,15-16H,6,13-14H2,1-5H3/b19-15+. The van der Waals surface area contributed by atoms with Gasteiger partial charge in [-0.15, -0.1) is 0 Å². The number of methoxy groups -OCH3 is 1. The third kappa shape index (κ3) is 7.07. The Morgan fingerprint density at radius 3 is 2.29 bits per heavy atom. The first-order valence-electron chi connectivity index (χ1n) is 10.1. The molecule has 6 nitrogen and oxygen atoms in total. The molecule has 0 bridgehead atoms. The van der Waals surface area contributed by atoms with Crippen LogP contribution in [0, 0.1) is 11.3 Å². The van der Waals surface area contributed by atoms with E-state index < -0.39 is 5.97 Å². The molecule has 0 heterocycles. The molecule has 2 aromatic carbocycles. The largest absolute Gasteiger partial charge is 0.493 e. The first-order chi connectivity index (χ1) is 14.8. The Morgan fingerprint density at radius 1 is 1.03 bits per heavy atom. The summed E-state index contributed by atoms with van der Waals surface area (Å²) in [5.41, 5.74) is 1.90. The zero-order valence-electron chi connectivity index (χ0n) is 18.7. The number of hydrogen-bond acceptors (Lipinski definition) is 6. The molecule has 0 aliphatic carbocycles. The van der Waals surface area contributed by atoms with Gasteiger partial charge in [0.05, 0.1) is 13.7 Å². The van der Waals surface area contributed by atoms with Crippen LogP contribution in [-0.2, 0) is 14.9 Å². The van der Waals surface area contributed by atoms with E-state index in [1.807, 2.05) is 18.2 Å². The molecule has 0 saturated carbocycles. The molecule has 2 aromatic rings. The number of hydrogen-bond donors (Lipinski definition) is 0. The predicted octanol–water partition coefficient (Wildman–Crippen LogP) is 4.92. The van der Waals surface area contributed by atoms with E-state index in [-0.39, 0.29) is 17.6 Å². The molecule has 6 heteroatoms. The summed E-state index contributed by atoms with van der Waals surface area (Å²) >= 11 is 0. The van der Waals surface area contributed by atoms with Gasteiger partial charge in [0.15, 0.2) is 11.5 Å². The van der Waals surface area contributed by atoms with Crippen LogP contribution in [0.3, 0.4) is 0 Å². The second-order valence-electron chi connectivity index (χ2n) is 7.77. The van der Waals surface area contributed by atoms with E-state index in [1.165, 1.54) is 18.7 Å². The quantitative estimate of drug-likeness (QED) is 0.247. The number of esters is 1. The van der Waals surface area contributed by atoms with Crippen LogP contribution in [0.5, 0.6) is 17.2 Å². The summed E-state index contributed by atoms with van der Waals surface area (Å²) in [7, 11) is 1.53. The number of ether oxygens (including phenoxy) is 4. The third-order valence-electron chi connectivity index (χ3n) is 4.44. The maximum Gasteiger partial charge on any atom is 0.348 e. The van der Waals surface area contributed by atoms with Crippen molar-refractivity contribution in [2.45, 2.75) is 33.1 Å². The minimum absolute atomic E-state index is 0.0801.